The molecule has 100 valence electrons. The second kappa shape index (κ2) is 4.49. The molecule has 0 aliphatic rings. The number of fused-ring (bicyclic) bond motifs is 1. The first-order valence-corrected chi connectivity index (χ1v) is 6.23. The van der Waals surface area contributed by atoms with Crippen LogP contribution < -0.4 is 5.73 Å². The normalized spacial score (nSPS) is 10.9. The molecule has 0 amide bonds. The van der Waals surface area contributed by atoms with E-state index >= 15 is 0 Å². The molecule has 0 aliphatic carbocycles. The van der Waals surface area contributed by atoms with Crippen LogP contribution in [0.5, 0.6) is 0 Å². The van der Waals surface area contributed by atoms with E-state index in [0.29, 0.717) is 5.56 Å². The zero-order valence-electron chi connectivity index (χ0n) is 10.9. The number of rotatable bonds is 2. The molecular weight excluding hydrogens is 255 g/mol. The van der Waals surface area contributed by atoms with Crippen LogP contribution in [-0.4, -0.2) is 10.8 Å². The summed E-state index contributed by atoms with van der Waals surface area (Å²) >= 11 is 0. The van der Waals surface area contributed by atoms with Gasteiger partial charge in [-0.2, -0.15) is 0 Å². The highest BCUT2D eigenvalue weighted by Crippen LogP contribution is 2.23. The number of ketones is 1. The Morgan fingerprint density at radius 2 is 2.00 bits per heavy atom. The van der Waals surface area contributed by atoms with Gasteiger partial charge in [0.25, 0.3) is 0 Å². The molecule has 1 aromatic heterocycles. The topological polar surface area (TPSA) is 58.9 Å². The van der Waals surface area contributed by atoms with Crippen LogP contribution in [0.25, 0.3) is 10.9 Å². The zero-order chi connectivity index (χ0) is 14.3. The Kier molecular flexibility index (Phi) is 2.79. The molecule has 3 N–H and O–H groups in total. The van der Waals surface area contributed by atoms with Gasteiger partial charge in [0.2, 0.25) is 0 Å². The van der Waals surface area contributed by atoms with Crippen LogP contribution in [-0.2, 0) is 0 Å². The number of anilines is 1. The molecule has 0 aliphatic heterocycles. The van der Waals surface area contributed by atoms with E-state index in [1.165, 1.54) is 18.2 Å². The maximum absolute atomic E-state index is 13.4. The number of aromatic amines is 1. The number of carbonyl (C=O) groups is 1. The van der Waals surface area contributed by atoms with Gasteiger partial charge in [0, 0.05) is 33.9 Å². The Morgan fingerprint density at radius 3 is 2.75 bits per heavy atom. The summed E-state index contributed by atoms with van der Waals surface area (Å²) in [7, 11) is 0. The van der Waals surface area contributed by atoms with Crippen LogP contribution in [0, 0.1) is 12.7 Å². The molecule has 3 aromatic rings. The number of hydrogen-bond acceptors (Lipinski definition) is 2. The van der Waals surface area contributed by atoms with Crippen LogP contribution >= 0.6 is 0 Å². The summed E-state index contributed by atoms with van der Waals surface area (Å²) in [6, 6.07) is 9.66. The average molecular weight is 268 g/mol. The van der Waals surface area contributed by atoms with Crippen LogP contribution in [0.15, 0.2) is 42.6 Å². The molecule has 0 unspecified atom stereocenters. The maximum atomic E-state index is 13.4. The first-order chi connectivity index (χ1) is 9.54. The third-order valence-electron chi connectivity index (χ3n) is 3.26. The van der Waals surface area contributed by atoms with E-state index in [4.69, 9.17) is 5.73 Å². The number of aryl methyl sites for hydroxylation is 1. The lowest BCUT2D eigenvalue weighted by molar-refractivity contribution is 0.104. The van der Waals surface area contributed by atoms with E-state index in [1.54, 1.807) is 6.20 Å². The standard InChI is InChI=1S/C16H13FN2O/c1-9-2-3-13-14(8-19-15(13)4-9)16(20)10-5-11(17)7-12(18)6-10/h2-8,19H,18H2,1H3. The van der Waals surface area contributed by atoms with Crippen molar-refractivity contribution in [1.29, 1.82) is 0 Å². The monoisotopic (exact) mass is 268 g/mol. The van der Waals surface area contributed by atoms with Crippen molar-refractivity contribution in [3.8, 4) is 0 Å². The number of H-pyrrole nitrogens is 1. The number of carbonyl (C=O) groups excluding carboxylic acids is 1. The van der Waals surface area contributed by atoms with Crippen molar-refractivity contribution in [2.24, 2.45) is 0 Å². The summed E-state index contributed by atoms with van der Waals surface area (Å²) in [5.74, 6) is -0.754. The Balaban J connectivity index is 2.12. The second-order valence-corrected chi connectivity index (χ2v) is 4.85. The highest BCUT2D eigenvalue weighted by molar-refractivity contribution is 6.16. The molecule has 0 saturated heterocycles. The molecule has 0 atom stereocenters. The van der Waals surface area contributed by atoms with Gasteiger partial charge in [0.1, 0.15) is 5.82 Å². The quantitative estimate of drug-likeness (QED) is 0.552. The van der Waals surface area contributed by atoms with Crippen molar-refractivity contribution in [2.75, 3.05) is 5.73 Å². The zero-order valence-corrected chi connectivity index (χ0v) is 10.9. The molecule has 0 bridgehead atoms. The van der Waals surface area contributed by atoms with E-state index in [2.05, 4.69) is 4.98 Å². The van der Waals surface area contributed by atoms with Gasteiger partial charge in [-0.15, -0.1) is 0 Å². The number of halogens is 1. The van der Waals surface area contributed by atoms with Gasteiger partial charge in [-0.25, -0.2) is 4.39 Å². The van der Waals surface area contributed by atoms with Crippen molar-refractivity contribution in [3.05, 3.63) is 65.1 Å². The van der Waals surface area contributed by atoms with Gasteiger partial charge in [0.05, 0.1) is 0 Å². The third-order valence-corrected chi connectivity index (χ3v) is 3.26. The summed E-state index contributed by atoms with van der Waals surface area (Å²) in [6.07, 6.45) is 1.65. The second-order valence-electron chi connectivity index (χ2n) is 4.85. The van der Waals surface area contributed by atoms with Crippen molar-refractivity contribution >= 4 is 22.4 Å². The fourth-order valence-corrected chi connectivity index (χ4v) is 2.33. The van der Waals surface area contributed by atoms with Crippen LogP contribution in [0.3, 0.4) is 0 Å². The predicted octanol–water partition coefficient (Wildman–Crippen LogP) is 3.43. The molecular formula is C16H13FN2O. The van der Waals surface area contributed by atoms with Gasteiger partial charge in [0.15, 0.2) is 5.78 Å². The summed E-state index contributed by atoms with van der Waals surface area (Å²) in [5, 5.41) is 0.823. The molecule has 2 aromatic carbocycles. The van der Waals surface area contributed by atoms with Crippen molar-refractivity contribution in [1.82, 2.24) is 4.98 Å². The van der Waals surface area contributed by atoms with E-state index in [0.717, 1.165) is 16.5 Å². The van der Waals surface area contributed by atoms with Crippen LogP contribution in [0.1, 0.15) is 21.5 Å². The molecule has 0 saturated carbocycles. The molecule has 4 heteroatoms. The van der Waals surface area contributed by atoms with Gasteiger partial charge < -0.3 is 10.7 Å². The SMILES string of the molecule is Cc1ccc2c(C(=O)c3cc(N)cc(F)c3)c[nH]c2c1. The van der Waals surface area contributed by atoms with E-state index in [9.17, 15) is 9.18 Å². The lowest BCUT2D eigenvalue weighted by Gasteiger charge is -2.02. The smallest absolute Gasteiger partial charge is 0.195 e. The highest BCUT2D eigenvalue weighted by Gasteiger charge is 2.15. The molecule has 0 radical (unpaired) electrons. The fraction of sp³-hybridized carbons (Fsp3) is 0.0625. The van der Waals surface area contributed by atoms with Crippen molar-refractivity contribution in [3.63, 3.8) is 0 Å². The summed E-state index contributed by atoms with van der Waals surface area (Å²) in [6.45, 7) is 1.98. The van der Waals surface area contributed by atoms with E-state index < -0.39 is 5.82 Å². The molecule has 3 rings (SSSR count). The molecule has 0 fully saturated rings. The summed E-state index contributed by atoms with van der Waals surface area (Å²) < 4.78 is 13.4. The van der Waals surface area contributed by atoms with E-state index in [-0.39, 0.29) is 17.0 Å². The Morgan fingerprint density at radius 1 is 1.20 bits per heavy atom. The van der Waals surface area contributed by atoms with Gasteiger partial charge in [-0.1, -0.05) is 12.1 Å². The van der Waals surface area contributed by atoms with Crippen molar-refractivity contribution in [2.45, 2.75) is 6.92 Å². The minimum atomic E-state index is -0.510. The van der Waals surface area contributed by atoms with Crippen molar-refractivity contribution < 1.29 is 9.18 Å². The first kappa shape index (κ1) is 12.4. The lowest BCUT2D eigenvalue weighted by Crippen LogP contribution is -2.02. The molecule has 3 nitrogen and oxygen atoms in total. The minimum absolute atomic E-state index is 0.240. The van der Waals surface area contributed by atoms with Crippen LogP contribution in [0.4, 0.5) is 10.1 Å². The molecule has 20 heavy (non-hydrogen) atoms. The minimum Gasteiger partial charge on any atom is -0.399 e. The number of nitrogens with two attached hydrogens (primary N) is 1. The Labute approximate surface area is 115 Å². The number of hydrogen-bond donors (Lipinski definition) is 2. The summed E-state index contributed by atoms with van der Waals surface area (Å²) in [4.78, 5) is 15.5. The fourth-order valence-electron chi connectivity index (χ4n) is 2.33. The lowest BCUT2D eigenvalue weighted by atomic mass is 10.0. The number of aromatic nitrogens is 1. The molecule has 0 spiro atoms. The third kappa shape index (κ3) is 2.05. The van der Waals surface area contributed by atoms with Crippen LogP contribution in [0.2, 0.25) is 0 Å². The average Bonchev–Trinajstić information content (AvgIpc) is 2.79. The van der Waals surface area contributed by atoms with E-state index in [1.807, 2.05) is 25.1 Å². The highest BCUT2D eigenvalue weighted by atomic mass is 19.1. The Hall–Kier alpha value is -2.62. The predicted molar refractivity (Wildman–Crippen MR) is 77.3 cm³/mol. The number of benzene rings is 2. The maximum Gasteiger partial charge on any atom is 0.195 e. The molecule has 1 heterocycles. The Bertz CT molecular complexity index is 800. The first-order valence-electron chi connectivity index (χ1n) is 6.23. The summed E-state index contributed by atoms with van der Waals surface area (Å²) in [5.41, 5.74) is 8.59. The van der Waals surface area contributed by atoms with Gasteiger partial charge >= 0.3 is 0 Å². The largest absolute Gasteiger partial charge is 0.399 e. The number of nitrogen functional groups attached to an aromatic ring is 1. The number of nitrogens with one attached hydrogen (secondary N) is 1. The van der Waals surface area contributed by atoms with Gasteiger partial charge in [-0.05, 0) is 36.8 Å². The van der Waals surface area contributed by atoms with Gasteiger partial charge in [-0.3, -0.25) is 4.79 Å².